The summed E-state index contributed by atoms with van der Waals surface area (Å²) in [6.45, 7) is 9.85. The van der Waals surface area contributed by atoms with E-state index in [4.69, 9.17) is 0 Å². The molecule has 0 bridgehead atoms. The Hall–Kier alpha value is -0.260. The largest absolute Gasteiger partial charge is 0.0816 e. The van der Waals surface area contributed by atoms with Crippen LogP contribution in [0.1, 0.15) is 53.4 Å². The van der Waals surface area contributed by atoms with E-state index in [0.717, 1.165) is 17.8 Å². The number of hydrogen-bond acceptors (Lipinski definition) is 0. The van der Waals surface area contributed by atoms with Gasteiger partial charge in [-0.3, -0.25) is 0 Å². The molecule has 0 saturated heterocycles. The summed E-state index contributed by atoms with van der Waals surface area (Å²) in [7, 11) is 0. The molecule has 3 unspecified atom stereocenters. The minimum atomic E-state index is 0.596. The Morgan fingerprint density at radius 1 is 1.27 bits per heavy atom. The second-order valence-corrected chi connectivity index (χ2v) is 7.21. The zero-order valence-electron chi connectivity index (χ0n) is 10.6. The van der Waals surface area contributed by atoms with Crippen molar-refractivity contribution in [1.29, 1.82) is 0 Å². The van der Waals surface area contributed by atoms with Crippen molar-refractivity contribution in [3.05, 3.63) is 11.6 Å². The molecule has 0 aliphatic heterocycles. The Morgan fingerprint density at radius 2 is 2.00 bits per heavy atom. The predicted octanol–water partition coefficient (Wildman–Crippen LogP) is 4.42. The quantitative estimate of drug-likeness (QED) is 0.513. The molecule has 2 saturated carbocycles. The van der Waals surface area contributed by atoms with Crippen molar-refractivity contribution in [3.63, 3.8) is 0 Å². The average Bonchev–Trinajstić information content (AvgIpc) is 2.61. The van der Waals surface area contributed by atoms with Crippen LogP contribution in [0.25, 0.3) is 0 Å². The van der Waals surface area contributed by atoms with E-state index < -0.39 is 0 Å². The summed E-state index contributed by atoms with van der Waals surface area (Å²) >= 11 is 0. The molecule has 0 aromatic rings. The van der Waals surface area contributed by atoms with Crippen LogP contribution in [-0.4, -0.2) is 0 Å². The van der Waals surface area contributed by atoms with Crippen molar-refractivity contribution in [1.82, 2.24) is 0 Å². The Kier molecular flexibility index (Phi) is 1.79. The second-order valence-electron chi connectivity index (χ2n) is 7.21. The van der Waals surface area contributed by atoms with Crippen molar-refractivity contribution in [2.75, 3.05) is 0 Å². The van der Waals surface area contributed by atoms with Crippen LogP contribution < -0.4 is 0 Å². The number of allylic oxidation sites excluding steroid dienone is 2. The van der Waals surface area contributed by atoms with Crippen molar-refractivity contribution >= 4 is 0 Å². The van der Waals surface area contributed by atoms with Gasteiger partial charge in [0.25, 0.3) is 0 Å². The maximum Gasteiger partial charge on any atom is -0.0138 e. The first-order valence-electron chi connectivity index (χ1n) is 6.64. The van der Waals surface area contributed by atoms with Crippen LogP contribution in [0.15, 0.2) is 11.6 Å². The molecule has 0 heteroatoms. The maximum absolute atomic E-state index is 2.63. The molecule has 0 aromatic heterocycles. The molecule has 0 nitrogen and oxygen atoms in total. The van der Waals surface area contributed by atoms with Gasteiger partial charge in [-0.2, -0.15) is 0 Å². The Labute approximate surface area is 94.1 Å². The smallest absolute Gasteiger partial charge is 0.0138 e. The molecule has 0 amide bonds. The highest BCUT2D eigenvalue weighted by molar-refractivity contribution is 5.28. The van der Waals surface area contributed by atoms with Gasteiger partial charge in [0.05, 0.1) is 0 Å². The third kappa shape index (κ3) is 1.09. The molecule has 4 atom stereocenters. The fourth-order valence-corrected chi connectivity index (χ4v) is 5.34. The Bertz CT molecular complexity index is 323. The normalized spacial score (nSPS) is 51.5. The van der Waals surface area contributed by atoms with E-state index in [1.807, 2.05) is 0 Å². The van der Waals surface area contributed by atoms with Crippen molar-refractivity contribution < 1.29 is 0 Å². The molecule has 0 radical (unpaired) electrons. The van der Waals surface area contributed by atoms with Crippen LogP contribution >= 0.6 is 0 Å². The van der Waals surface area contributed by atoms with Crippen LogP contribution in [0, 0.1) is 28.6 Å². The summed E-state index contributed by atoms with van der Waals surface area (Å²) in [5.41, 5.74) is 3.01. The first-order chi connectivity index (χ1) is 6.96. The summed E-state index contributed by atoms with van der Waals surface area (Å²) in [5.74, 6) is 2.82. The highest BCUT2D eigenvalue weighted by Gasteiger charge is 2.61. The molecule has 15 heavy (non-hydrogen) atoms. The fourth-order valence-electron chi connectivity index (χ4n) is 5.34. The summed E-state index contributed by atoms with van der Waals surface area (Å²) < 4.78 is 0. The average molecular weight is 204 g/mol. The first kappa shape index (κ1) is 9.93. The van der Waals surface area contributed by atoms with E-state index in [9.17, 15) is 0 Å². The first-order valence-corrected chi connectivity index (χ1v) is 6.64. The van der Waals surface area contributed by atoms with E-state index in [-0.39, 0.29) is 0 Å². The van der Waals surface area contributed by atoms with Crippen LogP contribution in [0.4, 0.5) is 0 Å². The molecule has 0 aromatic carbocycles. The standard InChI is InChI=1S/C15H24/c1-10-7-12-8-14(3,4)9-15(12)11(2)5-6-13(10)15/h7,11-13H,5-6,8-9H2,1-4H3/t11?,12?,13-,15?/m0/s1. The SMILES string of the molecule is CC1=CC2CC(C)(C)CC23C(C)CC[C@@H]13. The van der Waals surface area contributed by atoms with Crippen LogP contribution in [0.5, 0.6) is 0 Å². The molecule has 0 heterocycles. The predicted molar refractivity (Wildman–Crippen MR) is 64.6 cm³/mol. The van der Waals surface area contributed by atoms with Gasteiger partial charge in [0.15, 0.2) is 0 Å². The fraction of sp³-hybridized carbons (Fsp3) is 0.867. The molecule has 84 valence electrons. The van der Waals surface area contributed by atoms with Gasteiger partial charge in [0, 0.05) is 0 Å². The van der Waals surface area contributed by atoms with Crippen molar-refractivity contribution in [3.8, 4) is 0 Å². The lowest BCUT2D eigenvalue weighted by molar-refractivity contribution is 0.135. The van der Waals surface area contributed by atoms with Gasteiger partial charge in [-0.1, -0.05) is 32.4 Å². The third-order valence-electron chi connectivity index (χ3n) is 5.72. The minimum Gasteiger partial charge on any atom is -0.0816 e. The zero-order valence-corrected chi connectivity index (χ0v) is 10.6. The van der Waals surface area contributed by atoms with E-state index in [1.54, 1.807) is 5.57 Å². The summed E-state index contributed by atoms with van der Waals surface area (Å²) in [5, 5.41) is 0. The molecule has 2 fully saturated rings. The highest BCUT2D eigenvalue weighted by atomic mass is 14.7. The van der Waals surface area contributed by atoms with Crippen LogP contribution in [0.2, 0.25) is 0 Å². The topological polar surface area (TPSA) is 0 Å². The number of hydrogen-bond donors (Lipinski definition) is 0. The molecular weight excluding hydrogens is 180 g/mol. The van der Waals surface area contributed by atoms with E-state index in [0.29, 0.717) is 10.8 Å². The lowest BCUT2D eigenvalue weighted by Crippen LogP contribution is -2.31. The van der Waals surface area contributed by atoms with Gasteiger partial charge < -0.3 is 0 Å². The van der Waals surface area contributed by atoms with E-state index in [2.05, 4.69) is 33.8 Å². The molecule has 3 aliphatic carbocycles. The summed E-state index contributed by atoms with van der Waals surface area (Å²) in [4.78, 5) is 0. The second kappa shape index (κ2) is 2.70. The van der Waals surface area contributed by atoms with Gasteiger partial charge in [0.1, 0.15) is 0 Å². The van der Waals surface area contributed by atoms with Gasteiger partial charge in [0.2, 0.25) is 0 Å². The summed E-state index contributed by atoms with van der Waals surface area (Å²) in [6, 6.07) is 0. The highest BCUT2D eigenvalue weighted by Crippen LogP contribution is 2.70. The van der Waals surface area contributed by atoms with Crippen molar-refractivity contribution in [2.45, 2.75) is 53.4 Å². The molecule has 3 rings (SSSR count). The number of rotatable bonds is 0. The van der Waals surface area contributed by atoms with Crippen LogP contribution in [0.3, 0.4) is 0 Å². The van der Waals surface area contributed by atoms with E-state index >= 15 is 0 Å². The van der Waals surface area contributed by atoms with Crippen LogP contribution in [-0.2, 0) is 0 Å². The Balaban J connectivity index is 2.05. The van der Waals surface area contributed by atoms with Gasteiger partial charge in [-0.15, -0.1) is 0 Å². The third-order valence-corrected chi connectivity index (χ3v) is 5.72. The van der Waals surface area contributed by atoms with Crippen molar-refractivity contribution in [2.24, 2.45) is 28.6 Å². The van der Waals surface area contributed by atoms with E-state index in [1.165, 1.54) is 25.7 Å². The zero-order chi connectivity index (χ0) is 10.8. The Morgan fingerprint density at radius 3 is 2.73 bits per heavy atom. The van der Waals surface area contributed by atoms with Gasteiger partial charge in [-0.25, -0.2) is 0 Å². The molecule has 3 aliphatic rings. The lowest BCUT2D eigenvalue weighted by atomic mass is 9.67. The molecular formula is C15H24. The maximum atomic E-state index is 2.63. The molecule has 1 spiro atoms. The summed E-state index contributed by atoms with van der Waals surface area (Å²) in [6.07, 6.45) is 8.49. The minimum absolute atomic E-state index is 0.596. The molecule has 0 N–H and O–H groups in total. The lowest BCUT2D eigenvalue weighted by Gasteiger charge is -2.36. The monoisotopic (exact) mass is 204 g/mol. The van der Waals surface area contributed by atoms with Gasteiger partial charge >= 0.3 is 0 Å². The van der Waals surface area contributed by atoms with Gasteiger partial charge in [-0.05, 0) is 61.2 Å².